The second kappa shape index (κ2) is 7.42. The molecule has 152 valence electrons. The van der Waals surface area contributed by atoms with Crippen LogP contribution < -0.4 is 14.8 Å². The van der Waals surface area contributed by atoms with Gasteiger partial charge in [0.2, 0.25) is 0 Å². The van der Waals surface area contributed by atoms with Crippen LogP contribution in [0.3, 0.4) is 0 Å². The van der Waals surface area contributed by atoms with E-state index in [4.69, 9.17) is 9.47 Å². The van der Waals surface area contributed by atoms with E-state index < -0.39 is 0 Å². The van der Waals surface area contributed by atoms with E-state index in [0.717, 1.165) is 17.9 Å². The third kappa shape index (κ3) is 3.20. The van der Waals surface area contributed by atoms with Gasteiger partial charge in [0.1, 0.15) is 0 Å². The Morgan fingerprint density at radius 2 is 1.79 bits per heavy atom. The highest BCUT2D eigenvalue weighted by atomic mass is 16.5. The zero-order valence-electron chi connectivity index (χ0n) is 17.5. The molecule has 1 saturated carbocycles. The Kier molecular flexibility index (Phi) is 4.75. The molecule has 0 saturated heterocycles. The van der Waals surface area contributed by atoms with Crippen molar-refractivity contribution in [1.29, 1.82) is 0 Å². The minimum atomic E-state index is 0.287. The van der Waals surface area contributed by atoms with Crippen LogP contribution in [0.4, 0.5) is 0 Å². The molecule has 1 fully saturated rings. The Morgan fingerprint density at radius 3 is 2.62 bits per heavy atom. The van der Waals surface area contributed by atoms with Gasteiger partial charge in [0.25, 0.3) is 0 Å². The summed E-state index contributed by atoms with van der Waals surface area (Å²) < 4.78 is 10.9. The van der Waals surface area contributed by atoms with Crippen molar-refractivity contribution in [3.05, 3.63) is 58.8 Å². The first-order chi connectivity index (χ1) is 14.2. The number of ether oxygens (including phenoxy) is 2. The molecule has 2 aromatic carbocycles. The van der Waals surface area contributed by atoms with Crippen molar-refractivity contribution in [3.63, 3.8) is 0 Å². The molecular formula is C25H30N2O2. The summed E-state index contributed by atoms with van der Waals surface area (Å²) in [4.78, 5) is 3.78. The zero-order valence-corrected chi connectivity index (χ0v) is 17.5. The van der Waals surface area contributed by atoms with E-state index in [-0.39, 0.29) is 6.04 Å². The maximum absolute atomic E-state index is 5.53. The van der Waals surface area contributed by atoms with Crippen molar-refractivity contribution < 1.29 is 9.47 Å². The van der Waals surface area contributed by atoms with Crippen molar-refractivity contribution in [1.82, 2.24) is 10.3 Å². The first-order valence-electron chi connectivity index (χ1n) is 10.8. The molecule has 3 aromatic rings. The molecule has 0 bridgehead atoms. The number of benzene rings is 2. The molecule has 5 rings (SSSR count). The number of aromatic amines is 1. The van der Waals surface area contributed by atoms with Crippen LogP contribution in [0.1, 0.15) is 60.0 Å². The van der Waals surface area contributed by atoms with Crippen LogP contribution in [0.25, 0.3) is 10.9 Å². The summed E-state index contributed by atoms with van der Waals surface area (Å²) in [5.41, 5.74) is 6.81. The number of H-pyrrole nitrogens is 1. The summed E-state index contributed by atoms with van der Waals surface area (Å²) in [6.07, 6.45) is 6.15. The second-order valence-electron chi connectivity index (χ2n) is 8.61. The Labute approximate surface area is 172 Å². The molecule has 3 atom stereocenters. The SMILES string of the molecule is COc1ccc(C[C@H]2NC3CCCC[C@H]3c3c2[nH]c2ccc(C)cc32)cc1OC. The van der Waals surface area contributed by atoms with E-state index >= 15 is 0 Å². The fourth-order valence-electron chi connectivity index (χ4n) is 5.44. The van der Waals surface area contributed by atoms with Crippen molar-refractivity contribution >= 4 is 10.9 Å². The standard InChI is InChI=1S/C25H30N2O2/c1-15-8-10-20-18(12-15)24-17-6-4-5-7-19(17)26-21(25(24)27-20)13-16-9-11-22(28-2)23(14-16)29-3/h8-12,14,17,19,21,26-27H,4-7,13H2,1-3H3/t17-,19?,21-/m1/s1. The first-order valence-corrected chi connectivity index (χ1v) is 10.8. The van der Waals surface area contributed by atoms with Crippen LogP contribution in [-0.2, 0) is 6.42 Å². The van der Waals surface area contributed by atoms with Gasteiger partial charge in [0.15, 0.2) is 11.5 Å². The quantitative estimate of drug-likeness (QED) is 0.626. The Morgan fingerprint density at radius 1 is 0.966 bits per heavy atom. The summed E-state index contributed by atoms with van der Waals surface area (Å²) in [7, 11) is 3.38. The summed E-state index contributed by atoms with van der Waals surface area (Å²) in [6.45, 7) is 2.19. The normalized spacial score (nSPS) is 23.5. The number of fused-ring (bicyclic) bond motifs is 5. The van der Waals surface area contributed by atoms with Crippen LogP contribution in [-0.4, -0.2) is 25.2 Å². The number of methoxy groups -OCH3 is 2. The second-order valence-corrected chi connectivity index (χ2v) is 8.61. The fourth-order valence-corrected chi connectivity index (χ4v) is 5.44. The molecule has 4 nitrogen and oxygen atoms in total. The molecule has 1 aliphatic heterocycles. The lowest BCUT2D eigenvalue weighted by Crippen LogP contribution is -2.44. The van der Waals surface area contributed by atoms with Gasteiger partial charge in [-0.15, -0.1) is 0 Å². The molecule has 2 heterocycles. The zero-order chi connectivity index (χ0) is 20.0. The van der Waals surface area contributed by atoms with E-state index in [0.29, 0.717) is 12.0 Å². The Bertz CT molecular complexity index is 1040. The predicted molar refractivity (Wildman–Crippen MR) is 117 cm³/mol. The number of aromatic nitrogens is 1. The van der Waals surface area contributed by atoms with Gasteiger partial charge in [0.05, 0.1) is 20.3 Å². The summed E-state index contributed by atoms with van der Waals surface area (Å²) in [6, 6.07) is 14.0. The largest absolute Gasteiger partial charge is 0.493 e. The highest BCUT2D eigenvalue weighted by molar-refractivity contribution is 5.86. The van der Waals surface area contributed by atoms with Crippen LogP contribution in [0.5, 0.6) is 11.5 Å². The molecule has 2 aliphatic rings. The van der Waals surface area contributed by atoms with E-state index in [2.05, 4.69) is 47.6 Å². The van der Waals surface area contributed by atoms with E-state index in [1.165, 1.54) is 53.4 Å². The molecule has 29 heavy (non-hydrogen) atoms. The van der Waals surface area contributed by atoms with Gasteiger partial charge in [0, 0.05) is 28.6 Å². The number of aryl methyl sites for hydroxylation is 1. The number of hydrogen-bond donors (Lipinski definition) is 2. The summed E-state index contributed by atoms with van der Waals surface area (Å²) >= 11 is 0. The molecule has 4 heteroatoms. The van der Waals surface area contributed by atoms with Gasteiger partial charge < -0.3 is 19.8 Å². The van der Waals surface area contributed by atoms with E-state index in [1.54, 1.807) is 19.8 Å². The van der Waals surface area contributed by atoms with Crippen molar-refractivity contribution in [2.75, 3.05) is 14.2 Å². The molecule has 1 unspecified atom stereocenters. The van der Waals surface area contributed by atoms with Crippen molar-refractivity contribution in [2.45, 2.75) is 57.0 Å². The van der Waals surface area contributed by atoms with Gasteiger partial charge in [-0.1, -0.05) is 30.5 Å². The van der Waals surface area contributed by atoms with Crippen LogP contribution in [0.15, 0.2) is 36.4 Å². The number of hydrogen-bond acceptors (Lipinski definition) is 3. The van der Waals surface area contributed by atoms with Crippen molar-refractivity contribution in [3.8, 4) is 11.5 Å². The Hall–Kier alpha value is -2.46. The molecule has 2 N–H and O–H groups in total. The summed E-state index contributed by atoms with van der Waals surface area (Å²) in [5, 5.41) is 5.42. The lowest BCUT2D eigenvalue weighted by atomic mass is 9.74. The van der Waals surface area contributed by atoms with Crippen LogP contribution in [0.2, 0.25) is 0 Å². The fraction of sp³-hybridized carbons (Fsp3) is 0.440. The lowest BCUT2D eigenvalue weighted by molar-refractivity contribution is 0.274. The molecular weight excluding hydrogens is 360 g/mol. The first kappa shape index (κ1) is 18.6. The topological polar surface area (TPSA) is 46.3 Å². The van der Waals surface area contributed by atoms with Gasteiger partial charge in [-0.05, 0) is 61.6 Å². The smallest absolute Gasteiger partial charge is 0.160 e. The highest BCUT2D eigenvalue weighted by Gasteiger charge is 2.38. The molecule has 1 aromatic heterocycles. The lowest BCUT2D eigenvalue weighted by Gasteiger charge is -2.41. The predicted octanol–water partition coefficient (Wildman–Crippen LogP) is 5.41. The monoisotopic (exact) mass is 390 g/mol. The maximum Gasteiger partial charge on any atom is 0.160 e. The number of nitrogens with one attached hydrogen (secondary N) is 2. The van der Waals surface area contributed by atoms with Gasteiger partial charge in [-0.3, -0.25) is 0 Å². The van der Waals surface area contributed by atoms with Gasteiger partial charge in [-0.2, -0.15) is 0 Å². The maximum atomic E-state index is 5.53. The molecule has 0 spiro atoms. The van der Waals surface area contributed by atoms with E-state index in [1.807, 2.05) is 6.07 Å². The van der Waals surface area contributed by atoms with E-state index in [9.17, 15) is 0 Å². The van der Waals surface area contributed by atoms with Gasteiger partial charge in [-0.25, -0.2) is 0 Å². The average molecular weight is 391 g/mol. The minimum Gasteiger partial charge on any atom is -0.493 e. The molecule has 0 radical (unpaired) electrons. The van der Waals surface area contributed by atoms with Crippen molar-refractivity contribution in [2.24, 2.45) is 0 Å². The average Bonchev–Trinajstić information content (AvgIpc) is 3.13. The minimum absolute atomic E-state index is 0.287. The van der Waals surface area contributed by atoms with Gasteiger partial charge >= 0.3 is 0 Å². The highest BCUT2D eigenvalue weighted by Crippen LogP contribution is 2.45. The Balaban J connectivity index is 1.57. The third-order valence-corrected chi connectivity index (χ3v) is 6.81. The summed E-state index contributed by atoms with van der Waals surface area (Å²) in [5.74, 6) is 2.20. The molecule has 0 amide bonds. The third-order valence-electron chi connectivity index (χ3n) is 6.81. The number of rotatable bonds is 4. The molecule has 1 aliphatic carbocycles. The van der Waals surface area contributed by atoms with Crippen LogP contribution in [0, 0.1) is 6.92 Å². The van der Waals surface area contributed by atoms with Crippen LogP contribution >= 0.6 is 0 Å².